The summed E-state index contributed by atoms with van der Waals surface area (Å²) < 4.78 is 0. The van der Waals surface area contributed by atoms with Gasteiger partial charge in [0, 0.05) is 6.20 Å². The molecule has 0 unspecified atom stereocenters. The van der Waals surface area contributed by atoms with Crippen molar-refractivity contribution in [2.24, 2.45) is 16.6 Å². The zero-order valence-corrected chi connectivity index (χ0v) is 9.29. The van der Waals surface area contributed by atoms with Gasteiger partial charge in [-0.1, -0.05) is 19.4 Å². The lowest BCUT2D eigenvalue weighted by molar-refractivity contribution is -0.114. The van der Waals surface area contributed by atoms with Crippen molar-refractivity contribution in [1.29, 1.82) is 0 Å². The number of nitrogens with zero attached hydrogens (tertiary/aromatic N) is 1. The third kappa shape index (κ3) is 3.17. The van der Waals surface area contributed by atoms with Gasteiger partial charge in [0.25, 0.3) is 5.91 Å². The summed E-state index contributed by atoms with van der Waals surface area (Å²) in [5.74, 6) is -0.0718. The van der Waals surface area contributed by atoms with Gasteiger partial charge in [-0.3, -0.25) is 9.79 Å². The summed E-state index contributed by atoms with van der Waals surface area (Å²) in [6.07, 6.45) is 1.41. The van der Waals surface area contributed by atoms with Crippen molar-refractivity contribution in [2.75, 3.05) is 0 Å². The summed E-state index contributed by atoms with van der Waals surface area (Å²) in [6.45, 7) is 11.3. The zero-order valence-electron chi connectivity index (χ0n) is 9.29. The van der Waals surface area contributed by atoms with Gasteiger partial charge in [0.05, 0.1) is 5.57 Å². The number of hydrogen-bond acceptors (Lipinski definition) is 2. The topological polar surface area (TPSA) is 55.4 Å². The standard InChI is InChI=1S/C11H18N2O/c1-7(2)8(3)9(4)10(6-13-5)11(12)14/h6-7H,5H2,1-4H3,(H2,12,14)/b9-8+,10-6+. The number of hydrogen-bond donors (Lipinski definition) is 1. The molecule has 0 aliphatic carbocycles. The highest BCUT2D eigenvalue weighted by Crippen LogP contribution is 2.20. The Labute approximate surface area is 85.4 Å². The molecule has 78 valence electrons. The first-order valence-electron chi connectivity index (χ1n) is 4.55. The Morgan fingerprint density at radius 1 is 1.43 bits per heavy atom. The van der Waals surface area contributed by atoms with Crippen molar-refractivity contribution in [3.05, 3.63) is 22.9 Å². The van der Waals surface area contributed by atoms with E-state index in [2.05, 4.69) is 25.6 Å². The van der Waals surface area contributed by atoms with Crippen molar-refractivity contribution in [2.45, 2.75) is 27.7 Å². The molecule has 0 aromatic carbocycles. The third-order valence-corrected chi connectivity index (χ3v) is 2.35. The molecule has 0 atom stereocenters. The van der Waals surface area contributed by atoms with E-state index in [9.17, 15) is 4.79 Å². The number of amides is 1. The number of rotatable bonds is 4. The highest BCUT2D eigenvalue weighted by atomic mass is 16.1. The molecule has 0 bridgehead atoms. The third-order valence-electron chi connectivity index (χ3n) is 2.35. The molecule has 0 heterocycles. The lowest BCUT2D eigenvalue weighted by Gasteiger charge is -2.11. The Hall–Kier alpha value is -1.38. The first-order chi connectivity index (χ1) is 6.41. The molecule has 0 radical (unpaired) electrons. The predicted molar refractivity (Wildman–Crippen MR) is 60.0 cm³/mol. The van der Waals surface area contributed by atoms with Gasteiger partial charge in [-0.25, -0.2) is 0 Å². The van der Waals surface area contributed by atoms with Crippen LogP contribution >= 0.6 is 0 Å². The SMILES string of the molecule is C=N/C=C(C(N)=O)\C(C)=C(/C)C(C)C. The maximum Gasteiger partial charge on any atom is 0.250 e. The van der Waals surface area contributed by atoms with Crippen LogP contribution in [0, 0.1) is 5.92 Å². The quantitative estimate of drug-likeness (QED) is 0.415. The highest BCUT2D eigenvalue weighted by molar-refractivity contribution is 5.96. The van der Waals surface area contributed by atoms with E-state index in [1.807, 2.05) is 13.8 Å². The van der Waals surface area contributed by atoms with E-state index in [1.54, 1.807) is 0 Å². The monoisotopic (exact) mass is 194 g/mol. The summed E-state index contributed by atoms with van der Waals surface area (Å²) in [6, 6.07) is 0. The first-order valence-corrected chi connectivity index (χ1v) is 4.55. The predicted octanol–water partition coefficient (Wildman–Crippen LogP) is 2.05. The van der Waals surface area contributed by atoms with Crippen molar-refractivity contribution in [3.8, 4) is 0 Å². The Morgan fingerprint density at radius 2 is 1.93 bits per heavy atom. The van der Waals surface area contributed by atoms with Gasteiger partial charge >= 0.3 is 0 Å². The Morgan fingerprint density at radius 3 is 2.21 bits per heavy atom. The fraction of sp³-hybridized carbons (Fsp3) is 0.455. The smallest absolute Gasteiger partial charge is 0.250 e. The van der Waals surface area contributed by atoms with E-state index in [0.717, 1.165) is 11.1 Å². The van der Waals surface area contributed by atoms with Crippen molar-refractivity contribution >= 4 is 12.6 Å². The van der Waals surface area contributed by atoms with E-state index in [1.165, 1.54) is 6.20 Å². The van der Waals surface area contributed by atoms with Crippen LogP contribution in [0.1, 0.15) is 27.7 Å². The number of carbonyl (C=O) groups excluding carboxylic acids is 1. The second kappa shape index (κ2) is 5.37. The lowest BCUT2D eigenvalue weighted by Crippen LogP contribution is -2.16. The Bertz CT molecular complexity index is 298. The van der Waals surface area contributed by atoms with Crippen molar-refractivity contribution in [3.63, 3.8) is 0 Å². The maximum atomic E-state index is 11.1. The van der Waals surface area contributed by atoms with Gasteiger partial charge in [-0.2, -0.15) is 0 Å². The molecular weight excluding hydrogens is 176 g/mol. The first kappa shape index (κ1) is 12.6. The van der Waals surface area contributed by atoms with Gasteiger partial charge in [0.1, 0.15) is 0 Å². The molecule has 3 heteroatoms. The number of carbonyl (C=O) groups is 1. The molecule has 0 spiro atoms. The summed E-state index contributed by atoms with van der Waals surface area (Å²) >= 11 is 0. The normalized spacial score (nSPS) is 13.9. The molecule has 0 aromatic heterocycles. The molecule has 0 rings (SSSR count). The second-order valence-corrected chi connectivity index (χ2v) is 3.55. The molecule has 0 fully saturated rings. The largest absolute Gasteiger partial charge is 0.366 e. The van der Waals surface area contributed by atoms with E-state index in [-0.39, 0.29) is 0 Å². The minimum Gasteiger partial charge on any atom is -0.366 e. The molecule has 14 heavy (non-hydrogen) atoms. The number of aliphatic imine (C=N–C) groups is 1. The van der Waals surface area contributed by atoms with Crippen molar-refractivity contribution < 1.29 is 4.79 Å². The number of nitrogens with two attached hydrogens (primary N) is 1. The van der Waals surface area contributed by atoms with E-state index in [0.29, 0.717) is 11.5 Å². The molecular formula is C11H18N2O. The average Bonchev–Trinajstić information content (AvgIpc) is 2.11. The number of primary amides is 1. The summed E-state index contributed by atoms with van der Waals surface area (Å²) in [7, 11) is 0. The maximum absolute atomic E-state index is 11.1. The minimum atomic E-state index is -0.463. The van der Waals surface area contributed by atoms with Gasteiger partial charge in [-0.15, -0.1) is 0 Å². The molecule has 3 nitrogen and oxygen atoms in total. The van der Waals surface area contributed by atoms with Gasteiger partial charge in [0.15, 0.2) is 0 Å². The van der Waals surface area contributed by atoms with Crippen LogP contribution in [0.3, 0.4) is 0 Å². The Balaban J connectivity index is 5.24. The van der Waals surface area contributed by atoms with Crippen LogP contribution in [0.4, 0.5) is 0 Å². The molecule has 2 N–H and O–H groups in total. The van der Waals surface area contributed by atoms with E-state index < -0.39 is 5.91 Å². The van der Waals surface area contributed by atoms with Gasteiger partial charge in [-0.05, 0) is 32.1 Å². The molecule has 0 aliphatic heterocycles. The van der Waals surface area contributed by atoms with Gasteiger partial charge in [0.2, 0.25) is 0 Å². The number of allylic oxidation sites excluding steroid dienone is 1. The highest BCUT2D eigenvalue weighted by Gasteiger charge is 2.11. The van der Waals surface area contributed by atoms with Crippen molar-refractivity contribution in [1.82, 2.24) is 0 Å². The van der Waals surface area contributed by atoms with Gasteiger partial charge < -0.3 is 5.73 Å². The van der Waals surface area contributed by atoms with Crippen LogP contribution < -0.4 is 5.73 Å². The second-order valence-electron chi connectivity index (χ2n) is 3.55. The van der Waals surface area contributed by atoms with Crippen LogP contribution in [-0.2, 0) is 4.79 Å². The van der Waals surface area contributed by atoms with E-state index >= 15 is 0 Å². The minimum absolute atomic E-state index is 0.391. The molecule has 0 aromatic rings. The summed E-state index contributed by atoms with van der Waals surface area (Å²) in [5, 5.41) is 0. The van der Waals surface area contributed by atoms with Crippen LogP contribution in [-0.4, -0.2) is 12.6 Å². The summed E-state index contributed by atoms with van der Waals surface area (Å²) in [4.78, 5) is 14.7. The zero-order chi connectivity index (χ0) is 11.3. The lowest BCUT2D eigenvalue weighted by atomic mass is 9.95. The van der Waals surface area contributed by atoms with E-state index in [4.69, 9.17) is 5.73 Å². The Kier molecular flexibility index (Phi) is 4.84. The summed E-state index contributed by atoms with van der Waals surface area (Å²) in [5.41, 5.74) is 7.70. The molecule has 0 aliphatic rings. The fourth-order valence-electron chi connectivity index (χ4n) is 1.08. The molecule has 0 saturated carbocycles. The molecule has 0 saturated heterocycles. The fourth-order valence-corrected chi connectivity index (χ4v) is 1.08. The van der Waals surface area contributed by atoms with Crippen LogP contribution in [0.25, 0.3) is 0 Å². The van der Waals surface area contributed by atoms with Crippen LogP contribution in [0.15, 0.2) is 27.9 Å². The molecule has 1 amide bonds. The average molecular weight is 194 g/mol. The van der Waals surface area contributed by atoms with Crippen LogP contribution in [0.5, 0.6) is 0 Å². The van der Waals surface area contributed by atoms with Crippen LogP contribution in [0.2, 0.25) is 0 Å².